The van der Waals surface area contributed by atoms with Crippen molar-refractivity contribution in [2.75, 3.05) is 47.4 Å². The van der Waals surface area contributed by atoms with Gasteiger partial charge in [0.05, 0.1) is 0 Å². The number of benzene rings is 1. The molecule has 0 atom stereocenters. The second-order valence-electron chi connectivity index (χ2n) is 4.76. The van der Waals surface area contributed by atoms with Crippen molar-refractivity contribution >= 4 is 15.9 Å². The Balaban J connectivity index is 2.11. The fourth-order valence-corrected chi connectivity index (χ4v) is 1.88. The van der Waals surface area contributed by atoms with Gasteiger partial charge in [0.15, 0.2) is 0 Å². The lowest BCUT2D eigenvalue weighted by Crippen LogP contribution is -2.27. The summed E-state index contributed by atoms with van der Waals surface area (Å²) in [5.74, 6) is 0.930. The first-order valence-corrected chi connectivity index (χ1v) is 7.09. The molecule has 0 radical (unpaired) electrons. The molecule has 1 aromatic carbocycles. The van der Waals surface area contributed by atoms with Crippen molar-refractivity contribution in [3.05, 3.63) is 28.7 Å². The molecule has 1 rings (SSSR count). The molecule has 102 valence electrons. The molecule has 0 heterocycles. The van der Waals surface area contributed by atoms with Gasteiger partial charge in [-0.1, -0.05) is 15.9 Å². The highest BCUT2D eigenvalue weighted by molar-refractivity contribution is 9.10. The first-order chi connectivity index (χ1) is 8.58. The molecule has 4 heteroatoms. The largest absolute Gasteiger partial charge is 0.492 e. The van der Waals surface area contributed by atoms with Gasteiger partial charge in [0, 0.05) is 11.0 Å². The molecule has 0 amide bonds. The van der Waals surface area contributed by atoms with Crippen LogP contribution in [0.3, 0.4) is 0 Å². The Morgan fingerprint density at radius 3 is 2.28 bits per heavy atom. The highest BCUT2D eigenvalue weighted by atomic mass is 79.9. The maximum Gasteiger partial charge on any atom is 0.119 e. The van der Waals surface area contributed by atoms with Crippen LogP contribution >= 0.6 is 15.9 Å². The predicted molar refractivity (Wildman–Crippen MR) is 80.3 cm³/mol. The Hall–Kier alpha value is -0.580. The lowest BCUT2D eigenvalue weighted by atomic mass is 10.3. The van der Waals surface area contributed by atoms with Crippen molar-refractivity contribution in [2.45, 2.75) is 6.42 Å². The second kappa shape index (κ2) is 8.51. The van der Waals surface area contributed by atoms with E-state index < -0.39 is 0 Å². The van der Waals surface area contributed by atoms with E-state index in [2.05, 4.69) is 46.9 Å². The Labute approximate surface area is 119 Å². The Bertz CT molecular complexity index is 327. The maximum atomic E-state index is 5.69. The first-order valence-electron chi connectivity index (χ1n) is 6.29. The summed E-state index contributed by atoms with van der Waals surface area (Å²) in [6, 6.07) is 7.96. The average molecular weight is 315 g/mol. The summed E-state index contributed by atoms with van der Waals surface area (Å²) in [4.78, 5) is 4.52. The number of hydrogen-bond donors (Lipinski definition) is 0. The lowest BCUT2D eigenvalue weighted by molar-refractivity contribution is 0.229. The highest BCUT2D eigenvalue weighted by Gasteiger charge is 2.00. The summed E-state index contributed by atoms with van der Waals surface area (Å²) in [5, 5.41) is 0. The molecule has 18 heavy (non-hydrogen) atoms. The van der Waals surface area contributed by atoms with Gasteiger partial charge in [-0.3, -0.25) is 0 Å². The molecule has 0 aromatic heterocycles. The van der Waals surface area contributed by atoms with E-state index in [1.807, 2.05) is 24.3 Å². The molecule has 3 nitrogen and oxygen atoms in total. The molecule has 0 bridgehead atoms. The smallest absolute Gasteiger partial charge is 0.119 e. The zero-order chi connectivity index (χ0) is 13.4. The van der Waals surface area contributed by atoms with Gasteiger partial charge >= 0.3 is 0 Å². The molecule has 0 fully saturated rings. The topological polar surface area (TPSA) is 15.7 Å². The van der Waals surface area contributed by atoms with Crippen molar-refractivity contribution < 1.29 is 4.74 Å². The summed E-state index contributed by atoms with van der Waals surface area (Å²) in [7, 11) is 6.36. The van der Waals surface area contributed by atoms with Crippen molar-refractivity contribution in [1.29, 1.82) is 0 Å². The summed E-state index contributed by atoms with van der Waals surface area (Å²) in [6.45, 7) is 3.95. The van der Waals surface area contributed by atoms with Crippen LogP contribution in [0.1, 0.15) is 6.42 Å². The highest BCUT2D eigenvalue weighted by Crippen LogP contribution is 2.15. The fraction of sp³-hybridized carbons (Fsp3) is 0.571. The van der Waals surface area contributed by atoms with Crippen LogP contribution in [-0.4, -0.2) is 57.2 Å². The predicted octanol–water partition coefficient (Wildman–Crippen LogP) is 2.71. The summed E-state index contributed by atoms with van der Waals surface area (Å²) in [5.41, 5.74) is 0. The zero-order valence-electron chi connectivity index (χ0n) is 11.5. The maximum absolute atomic E-state index is 5.69. The van der Waals surface area contributed by atoms with Crippen LogP contribution in [0.15, 0.2) is 28.7 Å². The third-order valence-electron chi connectivity index (χ3n) is 2.70. The van der Waals surface area contributed by atoms with E-state index in [1.165, 1.54) is 6.42 Å². The molecular weight excluding hydrogens is 292 g/mol. The summed E-state index contributed by atoms with van der Waals surface area (Å²) < 4.78 is 6.77. The Kier molecular flexibility index (Phi) is 7.32. The Morgan fingerprint density at radius 2 is 1.67 bits per heavy atom. The molecule has 0 aliphatic heterocycles. The van der Waals surface area contributed by atoms with E-state index in [0.717, 1.165) is 36.5 Å². The van der Waals surface area contributed by atoms with Gasteiger partial charge in [0.2, 0.25) is 0 Å². The number of nitrogens with zero attached hydrogens (tertiary/aromatic N) is 2. The van der Waals surface area contributed by atoms with Crippen LogP contribution in [0.4, 0.5) is 0 Å². The normalized spacial score (nSPS) is 11.2. The molecule has 0 aliphatic carbocycles. The van der Waals surface area contributed by atoms with Crippen molar-refractivity contribution in [3.63, 3.8) is 0 Å². The van der Waals surface area contributed by atoms with Gasteiger partial charge in [-0.15, -0.1) is 0 Å². The standard InChI is InChI=1S/C14H23BrN2O/c1-16(2)9-4-10-17(3)11-12-18-14-7-5-13(15)6-8-14/h5-8H,4,9-12H2,1-3H3. The number of halogens is 1. The van der Waals surface area contributed by atoms with Crippen molar-refractivity contribution in [2.24, 2.45) is 0 Å². The monoisotopic (exact) mass is 314 g/mol. The molecule has 0 saturated carbocycles. The van der Waals surface area contributed by atoms with Gasteiger partial charge in [-0.2, -0.15) is 0 Å². The lowest BCUT2D eigenvalue weighted by Gasteiger charge is -2.18. The molecule has 1 aromatic rings. The van der Waals surface area contributed by atoms with E-state index in [4.69, 9.17) is 4.74 Å². The number of ether oxygens (including phenoxy) is 1. The van der Waals surface area contributed by atoms with Crippen LogP contribution < -0.4 is 4.74 Å². The summed E-state index contributed by atoms with van der Waals surface area (Å²) in [6.07, 6.45) is 1.20. The molecule has 0 spiro atoms. The van der Waals surface area contributed by atoms with Crippen LogP contribution in [0, 0.1) is 0 Å². The molecule has 0 aliphatic rings. The van der Waals surface area contributed by atoms with Gasteiger partial charge in [-0.25, -0.2) is 0 Å². The van der Waals surface area contributed by atoms with Crippen LogP contribution in [-0.2, 0) is 0 Å². The van der Waals surface area contributed by atoms with Crippen LogP contribution in [0.5, 0.6) is 5.75 Å². The minimum atomic E-state index is 0.736. The van der Waals surface area contributed by atoms with E-state index in [9.17, 15) is 0 Å². The number of rotatable bonds is 8. The van der Waals surface area contributed by atoms with Gasteiger partial charge in [0.25, 0.3) is 0 Å². The number of hydrogen-bond acceptors (Lipinski definition) is 3. The van der Waals surface area contributed by atoms with Crippen LogP contribution in [0.2, 0.25) is 0 Å². The van der Waals surface area contributed by atoms with E-state index in [0.29, 0.717) is 0 Å². The van der Waals surface area contributed by atoms with Crippen molar-refractivity contribution in [3.8, 4) is 5.75 Å². The second-order valence-corrected chi connectivity index (χ2v) is 5.68. The third-order valence-corrected chi connectivity index (χ3v) is 3.23. The first kappa shape index (κ1) is 15.5. The Morgan fingerprint density at radius 1 is 1.00 bits per heavy atom. The molecule has 0 saturated heterocycles. The summed E-state index contributed by atoms with van der Waals surface area (Å²) >= 11 is 3.41. The fourth-order valence-electron chi connectivity index (χ4n) is 1.62. The quantitative estimate of drug-likeness (QED) is 0.734. The molecule has 0 N–H and O–H groups in total. The molecule has 0 unspecified atom stereocenters. The third kappa shape index (κ3) is 6.99. The van der Waals surface area contributed by atoms with Gasteiger partial charge < -0.3 is 14.5 Å². The van der Waals surface area contributed by atoms with Gasteiger partial charge in [-0.05, 0) is 64.9 Å². The SMILES string of the molecule is CN(C)CCCN(C)CCOc1ccc(Br)cc1. The van der Waals surface area contributed by atoms with Crippen LogP contribution in [0.25, 0.3) is 0 Å². The van der Waals surface area contributed by atoms with Gasteiger partial charge in [0.1, 0.15) is 12.4 Å². The minimum absolute atomic E-state index is 0.736. The van der Waals surface area contributed by atoms with Crippen molar-refractivity contribution in [1.82, 2.24) is 9.80 Å². The average Bonchev–Trinajstić information content (AvgIpc) is 2.31. The number of likely N-dealkylation sites (N-methyl/N-ethyl adjacent to an activating group) is 1. The van der Waals surface area contributed by atoms with E-state index in [1.54, 1.807) is 0 Å². The van der Waals surface area contributed by atoms with E-state index in [-0.39, 0.29) is 0 Å². The minimum Gasteiger partial charge on any atom is -0.492 e. The van der Waals surface area contributed by atoms with E-state index >= 15 is 0 Å². The molecular formula is C14H23BrN2O. The zero-order valence-corrected chi connectivity index (χ0v) is 13.1.